The third-order valence-corrected chi connectivity index (χ3v) is 3.31. The smallest absolute Gasteiger partial charge is 0.0869 e. The number of rotatable bonds is 5. The molecule has 0 spiro atoms. The molecule has 1 rings (SSSR count). The molecule has 96 valence electrons. The molecule has 1 aliphatic rings. The number of aliphatic hydroxyl groups is 1. The number of nitrogens with one attached hydrogen (secondary N) is 1. The van der Waals surface area contributed by atoms with Crippen LogP contribution in [-0.4, -0.2) is 73.4 Å². The first-order chi connectivity index (χ1) is 7.30. The molecule has 16 heavy (non-hydrogen) atoms. The maximum absolute atomic E-state index is 10.2. The molecule has 1 saturated heterocycles. The Labute approximate surface area is 99.6 Å². The zero-order chi connectivity index (χ0) is 12.3. The number of likely N-dealkylation sites (N-methyl/N-ethyl adjacent to an activating group) is 2. The van der Waals surface area contributed by atoms with Crippen LogP contribution in [0, 0.1) is 0 Å². The largest absolute Gasteiger partial charge is 0.388 e. The molecule has 0 radical (unpaired) electrons. The Kier molecular flexibility index (Phi) is 4.73. The van der Waals surface area contributed by atoms with Gasteiger partial charge in [-0.05, 0) is 41.4 Å². The summed E-state index contributed by atoms with van der Waals surface area (Å²) in [7, 11) is 6.13. The molecule has 3 atom stereocenters. The zero-order valence-corrected chi connectivity index (χ0v) is 11.3. The normalized spacial score (nSPS) is 30.9. The molecular formula is C12H27N3O. The second-order valence-corrected chi connectivity index (χ2v) is 5.84. The molecule has 0 aromatic carbocycles. The van der Waals surface area contributed by atoms with Crippen LogP contribution >= 0.6 is 0 Å². The monoisotopic (exact) mass is 229 g/mol. The minimum absolute atomic E-state index is 0.522. The lowest BCUT2D eigenvalue weighted by atomic mass is 10.1. The van der Waals surface area contributed by atoms with E-state index in [9.17, 15) is 5.11 Å². The van der Waals surface area contributed by atoms with E-state index in [2.05, 4.69) is 24.2 Å². The lowest BCUT2D eigenvalue weighted by molar-refractivity contribution is 0.0316. The molecule has 3 unspecified atom stereocenters. The van der Waals surface area contributed by atoms with Crippen LogP contribution in [0.15, 0.2) is 0 Å². The van der Waals surface area contributed by atoms with E-state index in [1.807, 2.05) is 25.9 Å². The standard InChI is InChI=1S/C12H27N3O/c1-10-6-11(7-15(10)5)13-8-12(2,16)9-14(3)4/h10-11,13,16H,6-9H2,1-5H3. The highest BCUT2D eigenvalue weighted by atomic mass is 16.3. The van der Waals surface area contributed by atoms with E-state index < -0.39 is 5.60 Å². The summed E-state index contributed by atoms with van der Waals surface area (Å²) in [6.45, 7) is 6.58. The molecule has 0 aliphatic carbocycles. The Morgan fingerprint density at radius 2 is 2.12 bits per heavy atom. The second-order valence-electron chi connectivity index (χ2n) is 5.84. The van der Waals surface area contributed by atoms with Crippen LogP contribution in [0.25, 0.3) is 0 Å². The van der Waals surface area contributed by atoms with Crippen molar-refractivity contribution in [2.75, 3.05) is 40.8 Å². The van der Waals surface area contributed by atoms with E-state index in [1.165, 1.54) is 6.42 Å². The van der Waals surface area contributed by atoms with Crippen molar-refractivity contribution in [2.45, 2.75) is 38.0 Å². The van der Waals surface area contributed by atoms with Gasteiger partial charge in [0.05, 0.1) is 5.60 Å². The fourth-order valence-electron chi connectivity index (χ4n) is 2.44. The zero-order valence-electron chi connectivity index (χ0n) is 11.3. The topological polar surface area (TPSA) is 38.7 Å². The van der Waals surface area contributed by atoms with Crippen LogP contribution in [0.5, 0.6) is 0 Å². The highest BCUT2D eigenvalue weighted by molar-refractivity contribution is 4.88. The maximum Gasteiger partial charge on any atom is 0.0869 e. The predicted molar refractivity (Wildman–Crippen MR) is 67.7 cm³/mol. The van der Waals surface area contributed by atoms with Gasteiger partial charge in [0.15, 0.2) is 0 Å². The average molecular weight is 229 g/mol. The van der Waals surface area contributed by atoms with Crippen LogP contribution in [0.3, 0.4) is 0 Å². The van der Waals surface area contributed by atoms with Crippen molar-refractivity contribution in [1.82, 2.24) is 15.1 Å². The summed E-state index contributed by atoms with van der Waals surface area (Å²) in [5.74, 6) is 0. The summed E-state index contributed by atoms with van der Waals surface area (Å²) >= 11 is 0. The molecule has 0 bridgehead atoms. The summed E-state index contributed by atoms with van der Waals surface area (Å²) in [6.07, 6.45) is 1.18. The predicted octanol–water partition coefficient (Wildman–Crippen LogP) is -0.0188. The summed E-state index contributed by atoms with van der Waals surface area (Å²) in [6, 6.07) is 1.17. The fraction of sp³-hybridized carbons (Fsp3) is 1.00. The van der Waals surface area contributed by atoms with Crippen molar-refractivity contribution >= 4 is 0 Å². The van der Waals surface area contributed by atoms with Crippen molar-refractivity contribution in [2.24, 2.45) is 0 Å². The first kappa shape index (κ1) is 13.9. The third-order valence-electron chi connectivity index (χ3n) is 3.31. The van der Waals surface area contributed by atoms with Gasteiger partial charge in [-0.3, -0.25) is 0 Å². The van der Waals surface area contributed by atoms with Gasteiger partial charge in [0.25, 0.3) is 0 Å². The van der Waals surface area contributed by atoms with Gasteiger partial charge in [-0.15, -0.1) is 0 Å². The highest BCUT2D eigenvalue weighted by Crippen LogP contribution is 2.15. The van der Waals surface area contributed by atoms with E-state index in [0.717, 1.165) is 6.54 Å². The van der Waals surface area contributed by atoms with Gasteiger partial charge in [0.1, 0.15) is 0 Å². The molecule has 0 saturated carbocycles. The Hall–Kier alpha value is -0.160. The van der Waals surface area contributed by atoms with E-state index in [-0.39, 0.29) is 0 Å². The quantitative estimate of drug-likeness (QED) is 0.695. The molecule has 1 aliphatic heterocycles. The van der Waals surface area contributed by atoms with E-state index >= 15 is 0 Å². The summed E-state index contributed by atoms with van der Waals surface area (Å²) in [5, 5.41) is 13.6. The van der Waals surface area contributed by atoms with Crippen molar-refractivity contribution in [1.29, 1.82) is 0 Å². The molecule has 2 N–H and O–H groups in total. The lowest BCUT2D eigenvalue weighted by Crippen LogP contribution is -2.48. The van der Waals surface area contributed by atoms with Crippen molar-refractivity contribution in [3.05, 3.63) is 0 Å². The van der Waals surface area contributed by atoms with Gasteiger partial charge >= 0.3 is 0 Å². The van der Waals surface area contributed by atoms with Gasteiger partial charge in [-0.1, -0.05) is 0 Å². The van der Waals surface area contributed by atoms with Crippen LogP contribution in [0.1, 0.15) is 20.3 Å². The van der Waals surface area contributed by atoms with Gasteiger partial charge in [0, 0.05) is 31.7 Å². The molecular weight excluding hydrogens is 202 g/mol. The van der Waals surface area contributed by atoms with Crippen LogP contribution < -0.4 is 5.32 Å². The summed E-state index contributed by atoms with van der Waals surface area (Å²) in [5.41, 5.74) is -0.645. The van der Waals surface area contributed by atoms with Crippen LogP contribution in [0.4, 0.5) is 0 Å². The van der Waals surface area contributed by atoms with Crippen molar-refractivity contribution in [3.63, 3.8) is 0 Å². The van der Waals surface area contributed by atoms with Gasteiger partial charge in [0.2, 0.25) is 0 Å². The molecule has 1 fully saturated rings. The first-order valence-electron chi connectivity index (χ1n) is 6.11. The minimum atomic E-state index is -0.645. The average Bonchev–Trinajstić information content (AvgIpc) is 2.41. The van der Waals surface area contributed by atoms with Crippen molar-refractivity contribution in [3.8, 4) is 0 Å². The van der Waals surface area contributed by atoms with Gasteiger partial charge < -0.3 is 20.2 Å². The van der Waals surface area contributed by atoms with Crippen LogP contribution in [-0.2, 0) is 0 Å². The Bertz CT molecular complexity index is 208. The molecule has 4 nitrogen and oxygen atoms in total. The Morgan fingerprint density at radius 1 is 1.50 bits per heavy atom. The lowest BCUT2D eigenvalue weighted by Gasteiger charge is -2.28. The third kappa shape index (κ3) is 4.37. The van der Waals surface area contributed by atoms with E-state index in [4.69, 9.17) is 0 Å². The van der Waals surface area contributed by atoms with Gasteiger partial charge in [-0.25, -0.2) is 0 Å². The Morgan fingerprint density at radius 3 is 2.56 bits per heavy atom. The number of hydrogen-bond acceptors (Lipinski definition) is 4. The fourth-order valence-corrected chi connectivity index (χ4v) is 2.44. The first-order valence-corrected chi connectivity index (χ1v) is 6.11. The Balaban J connectivity index is 2.29. The number of hydrogen-bond donors (Lipinski definition) is 2. The number of likely N-dealkylation sites (tertiary alicyclic amines) is 1. The molecule has 0 aromatic heterocycles. The van der Waals surface area contributed by atoms with Crippen LogP contribution in [0.2, 0.25) is 0 Å². The molecule has 1 heterocycles. The van der Waals surface area contributed by atoms with Crippen molar-refractivity contribution < 1.29 is 5.11 Å². The van der Waals surface area contributed by atoms with Gasteiger partial charge in [-0.2, -0.15) is 0 Å². The number of nitrogens with zero attached hydrogens (tertiary/aromatic N) is 2. The molecule has 4 heteroatoms. The molecule has 0 aromatic rings. The highest BCUT2D eigenvalue weighted by Gasteiger charge is 2.28. The summed E-state index contributed by atoms with van der Waals surface area (Å²) < 4.78 is 0. The van der Waals surface area contributed by atoms with E-state index in [0.29, 0.717) is 25.2 Å². The summed E-state index contributed by atoms with van der Waals surface area (Å²) in [4.78, 5) is 4.38. The van der Waals surface area contributed by atoms with E-state index in [1.54, 1.807) is 0 Å². The second kappa shape index (κ2) is 5.45. The minimum Gasteiger partial charge on any atom is -0.388 e. The SMILES string of the molecule is CC1CC(NCC(C)(O)CN(C)C)CN1C. The maximum atomic E-state index is 10.2. The molecule has 0 amide bonds.